The van der Waals surface area contributed by atoms with Gasteiger partial charge in [0.25, 0.3) is 0 Å². The maximum Gasteiger partial charge on any atom is 0.336 e. The normalized spacial score (nSPS) is 16.5. The summed E-state index contributed by atoms with van der Waals surface area (Å²) >= 11 is 6.39. The van der Waals surface area contributed by atoms with E-state index < -0.39 is 0 Å². The highest BCUT2D eigenvalue weighted by Gasteiger charge is 2.18. The molecule has 3 rings (SSSR count). The van der Waals surface area contributed by atoms with E-state index in [1.54, 1.807) is 6.07 Å². The summed E-state index contributed by atoms with van der Waals surface area (Å²) < 4.78 is 5.38. The molecule has 0 bridgehead atoms. The Morgan fingerprint density at radius 3 is 2.48 bits per heavy atom. The van der Waals surface area contributed by atoms with Crippen molar-refractivity contribution in [1.29, 1.82) is 0 Å². The minimum atomic E-state index is -0.294. The summed E-state index contributed by atoms with van der Waals surface area (Å²) in [7, 11) is 2.14. The van der Waals surface area contributed by atoms with Crippen LogP contribution in [-0.4, -0.2) is 43.0 Å². The molecule has 4 nitrogen and oxygen atoms in total. The fraction of sp³-hybridized carbons (Fsp3) is 0.471. The van der Waals surface area contributed by atoms with Gasteiger partial charge >= 0.3 is 5.63 Å². The molecule has 0 spiro atoms. The molecule has 0 radical (unpaired) electrons. The SMILES string of the molecule is Cc1cc2oc(=O)cc(CN3CCN(C)CC3)c2c(C)c1Cl.Cl. The van der Waals surface area contributed by atoms with Crippen LogP contribution < -0.4 is 5.63 Å². The Labute approximate surface area is 147 Å². The Bertz CT molecular complexity index is 765. The van der Waals surface area contributed by atoms with Gasteiger partial charge in [0.1, 0.15) is 5.58 Å². The lowest BCUT2D eigenvalue weighted by Gasteiger charge is -2.32. The second kappa shape index (κ2) is 7.22. The zero-order chi connectivity index (χ0) is 15.9. The van der Waals surface area contributed by atoms with Crippen molar-refractivity contribution in [2.24, 2.45) is 0 Å². The lowest BCUT2D eigenvalue weighted by molar-refractivity contribution is 0.148. The molecule has 1 aliphatic rings. The molecule has 23 heavy (non-hydrogen) atoms. The zero-order valence-electron chi connectivity index (χ0n) is 13.7. The van der Waals surface area contributed by atoms with Crippen LogP contribution in [0.25, 0.3) is 11.0 Å². The van der Waals surface area contributed by atoms with E-state index in [1.165, 1.54) is 0 Å². The van der Waals surface area contributed by atoms with E-state index in [9.17, 15) is 4.79 Å². The van der Waals surface area contributed by atoms with Gasteiger partial charge in [0.15, 0.2) is 0 Å². The Hall–Kier alpha value is -1.07. The molecule has 2 aromatic rings. The number of piperazine rings is 1. The molecule has 1 fully saturated rings. The van der Waals surface area contributed by atoms with Crippen LogP contribution in [0.3, 0.4) is 0 Å². The van der Waals surface area contributed by atoms with Crippen molar-refractivity contribution in [3.05, 3.63) is 44.3 Å². The van der Waals surface area contributed by atoms with Gasteiger partial charge in [0, 0.05) is 49.2 Å². The summed E-state index contributed by atoms with van der Waals surface area (Å²) in [4.78, 5) is 16.6. The minimum absolute atomic E-state index is 0. The molecule has 1 saturated heterocycles. The number of fused-ring (bicyclic) bond motifs is 1. The van der Waals surface area contributed by atoms with Crippen LogP contribution >= 0.6 is 24.0 Å². The van der Waals surface area contributed by atoms with Gasteiger partial charge in [-0.25, -0.2) is 4.79 Å². The van der Waals surface area contributed by atoms with Crippen LogP contribution in [0, 0.1) is 13.8 Å². The molecule has 0 amide bonds. The molecule has 6 heteroatoms. The first-order valence-corrected chi connectivity index (χ1v) is 7.97. The Kier molecular flexibility index (Phi) is 5.74. The number of nitrogens with zero attached hydrogens (tertiary/aromatic N) is 2. The van der Waals surface area contributed by atoms with E-state index in [2.05, 4.69) is 16.8 Å². The number of benzene rings is 1. The van der Waals surface area contributed by atoms with Gasteiger partial charge in [0.05, 0.1) is 0 Å². The molecule has 1 aromatic heterocycles. The van der Waals surface area contributed by atoms with Crippen LogP contribution in [0.15, 0.2) is 21.3 Å². The molecule has 0 atom stereocenters. The van der Waals surface area contributed by atoms with Crippen molar-refractivity contribution in [2.75, 3.05) is 33.2 Å². The summed E-state index contributed by atoms with van der Waals surface area (Å²) in [5, 5.41) is 1.73. The third kappa shape index (κ3) is 3.72. The maximum absolute atomic E-state index is 11.9. The predicted molar refractivity (Wildman–Crippen MR) is 97.0 cm³/mol. The van der Waals surface area contributed by atoms with Gasteiger partial charge in [-0.05, 0) is 43.7 Å². The van der Waals surface area contributed by atoms with E-state index in [1.807, 2.05) is 19.9 Å². The summed E-state index contributed by atoms with van der Waals surface area (Å²) in [6.45, 7) is 8.81. The second-order valence-electron chi connectivity index (χ2n) is 6.18. The average molecular weight is 357 g/mol. The predicted octanol–water partition coefficient (Wildman–Crippen LogP) is 3.23. The lowest BCUT2D eigenvalue weighted by Crippen LogP contribution is -2.44. The van der Waals surface area contributed by atoms with E-state index in [0.29, 0.717) is 5.58 Å². The average Bonchev–Trinajstić information content (AvgIpc) is 2.46. The largest absolute Gasteiger partial charge is 0.423 e. The molecule has 1 aliphatic heterocycles. The van der Waals surface area contributed by atoms with Gasteiger partial charge in [-0.1, -0.05) is 11.6 Å². The summed E-state index contributed by atoms with van der Waals surface area (Å²) in [6, 6.07) is 3.47. The van der Waals surface area contributed by atoms with Gasteiger partial charge in [0.2, 0.25) is 0 Å². The van der Waals surface area contributed by atoms with Crippen LogP contribution in [-0.2, 0) is 6.54 Å². The Morgan fingerprint density at radius 2 is 1.83 bits per heavy atom. The van der Waals surface area contributed by atoms with Crippen molar-refractivity contribution in [1.82, 2.24) is 9.80 Å². The highest BCUT2D eigenvalue weighted by Crippen LogP contribution is 2.31. The summed E-state index contributed by atoms with van der Waals surface area (Å²) in [5.74, 6) is 0. The first-order valence-electron chi connectivity index (χ1n) is 7.59. The molecule has 126 valence electrons. The Balaban J connectivity index is 0.00000192. The number of aryl methyl sites for hydroxylation is 2. The van der Waals surface area contributed by atoms with Crippen molar-refractivity contribution >= 4 is 35.0 Å². The van der Waals surface area contributed by atoms with Crippen LogP contribution in [0.2, 0.25) is 5.02 Å². The number of halogens is 2. The van der Waals surface area contributed by atoms with Crippen molar-refractivity contribution in [2.45, 2.75) is 20.4 Å². The molecule has 0 aliphatic carbocycles. The fourth-order valence-corrected chi connectivity index (χ4v) is 3.27. The molecular weight excluding hydrogens is 335 g/mol. The number of likely N-dealkylation sites (N-methyl/N-ethyl adjacent to an activating group) is 1. The van der Waals surface area contributed by atoms with Gasteiger partial charge in [-0.15, -0.1) is 12.4 Å². The fourth-order valence-electron chi connectivity index (χ4n) is 3.13. The number of rotatable bonds is 2. The molecule has 0 saturated carbocycles. The summed E-state index contributed by atoms with van der Waals surface area (Å²) in [6.07, 6.45) is 0. The van der Waals surface area contributed by atoms with Crippen LogP contribution in [0.1, 0.15) is 16.7 Å². The Morgan fingerprint density at radius 1 is 1.17 bits per heavy atom. The van der Waals surface area contributed by atoms with Crippen LogP contribution in [0.5, 0.6) is 0 Å². The molecule has 1 aromatic carbocycles. The monoisotopic (exact) mass is 356 g/mol. The topological polar surface area (TPSA) is 36.7 Å². The number of hydrogen-bond acceptors (Lipinski definition) is 4. The van der Waals surface area contributed by atoms with Crippen LogP contribution in [0.4, 0.5) is 0 Å². The molecule has 0 unspecified atom stereocenters. The van der Waals surface area contributed by atoms with Crippen molar-refractivity contribution < 1.29 is 4.42 Å². The van der Waals surface area contributed by atoms with Crippen molar-refractivity contribution in [3.8, 4) is 0 Å². The maximum atomic E-state index is 11.9. The number of hydrogen-bond donors (Lipinski definition) is 0. The van der Waals surface area contributed by atoms with Gasteiger partial charge in [-0.2, -0.15) is 0 Å². The van der Waals surface area contributed by atoms with E-state index in [-0.39, 0.29) is 18.0 Å². The van der Waals surface area contributed by atoms with Gasteiger partial charge < -0.3 is 9.32 Å². The molecule has 2 heterocycles. The first kappa shape index (κ1) is 18.3. The molecular formula is C17H22Cl2N2O2. The van der Waals surface area contributed by atoms with Crippen molar-refractivity contribution in [3.63, 3.8) is 0 Å². The third-order valence-electron chi connectivity index (χ3n) is 4.46. The highest BCUT2D eigenvalue weighted by atomic mass is 35.5. The highest BCUT2D eigenvalue weighted by molar-refractivity contribution is 6.33. The van der Waals surface area contributed by atoms with E-state index in [0.717, 1.165) is 59.8 Å². The minimum Gasteiger partial charge on any atom is -0.423 e. The quantitative estimate of drug-likeness (QED) is 0.774. The summed E-state index contributed by atoms with van der Waals surface area (Å²) in [5.41, 5.74) is 3.28. The smallest absolute Gasteiger partial charge is 0.336 e. The van der Waals surface area contributed by atoms with E-state index in [4.69, 9.17) is 16.0 Å². The standard InChI is InChI=1S/C17H21ClN2O2.ClH/c1-11-8-14-16(12(2)17(11)18)13(9-15(21)22-14)10-20-6-4-19(3)5-7-20;/h8-9H,4-7,10H2,1-3H3;1H. The lowest BCUT2D eigenvalue weighted by atomic mass is 10.0. The second-order valence-corrected chi connectivity index (χ2v) is 6.55. The molecule has 0 N–H and O–H groups in total. The van der Waals surface area contributed by atoms with Gasteiger partial charge in [-0.3, -0.25) is 4.90 Å². The first-order chi connectivity index (χ1) is 10.5. The zero-order valence-corrected chi connectivity index (χ0v) is 15.3. The third-order valence-corrected chi connectivity index (χ3v) is 5.04. The van der Waals surface area contributed by atoms with E-state index >= 15 is 0 Å².